The summed E-state index contributed by atoms with van der Waals surface area (Å²) >= 11 is 0. The first kappa shape index (κ1) is 12.1. The lowest BCUT2D eigenvalue weighted by Crippen LogP contribution is -2.44. The predicted molar refractivity (Wildman–Crippen MR) is 58.3 cm³/mol. The normalized spacial score (nSPS) is 29.2. The third kappa shape index (κ3) is 1.66. The van der Waals surface area contributed by atoms with Gasteiger partial charge in [-0.1, -0.05) is 18.7 Å². The standard InChI is InChI=1S/C13H13F3O/c1-2-9-4-3-5-10-8-11(17)6-7-12(9,10)13(14,15)16/h2,4,8H,1,3,5-7H2. The van der Waals surface area contributed by atoms with E-state index in [2.05, 4.69) is 6.58 Å². The van der Waals surface area contributed by atoms with Crippen LogP contribution in [-0.2, 0) is 4.79 Å². The maximum Gasteiger partial charge on any atom is 0.402 e. The van der Waals surface area contributed by atoms with E-state index in [-0.39, 0.29) is 29.8 Å². The fourth-order valence-electron chi connectivity index (χ4n) is 2.78. The van der Waals surface area contributed by atoms with Crippen molar-refractivity contribution in [1.29, 1.82) is 0 Å². The van der Waals surface area contributed by atoms with Crippen molar-refractivity contribution in [3.05, 3.63) is 36.0 Å². The van der Waals surface area contributed by atoms with Gasteiger partial charge in [-0.25, -0.2) is 0 Å². The van der Waals surface area contributed by atoms with Crippen LogP contribution >= 0.6 is 0 Å². The molecule has 1 unspecified atom stereocenters. The van der Waals surface area contributed by atoms with E-state index in [4.69, 9.17) is 0 Å². The molecule has 0 spiro atoms. The smallest absolute Gasteiger partial charge is 0.295 e. The molecule has 1 nitrogen and oxygen atoms in total. The summed E-state index contributed by atoms with van der Waals surface area (Å²) in [6.07, 6.45) is 0.311. The second kappa shape index (κ2) is 3.86. The van der Waals surface area contributed by atoms with E-state index in [1.165, 1.54) is 12.2 Å². The van der Waals surface area contributed by atoms with Crippen LogP contribution in [0, 0.1) is 5.41 Å². The number of allylic oxidation sites excluding steroid dienone is 5. The highest BCUT2D eigenvalue weighted by Gasteiger charge is 2.59. The number of hydrogen-bond acceptors (Lipinski definition) is 1. The van der Waals surface area contributed by atoms with Gasteiger partial charge in [0.15, 0.2) is 5.78 Å². The SMILES string of the molecule is C=CC1=CCCC2=CC(=O)CCC12C(F)(F)F. The van der Waals surface area contributed by atoms with Gasteiger partial charge in [0.25, 0.3) is 0 Å². The molecule has 0 aromatic heterocycles. The molecule has 0 fully saturated rings. The summed E-state index contributed by atoms with van der Waals surface area (Å²) in [5.74, 6) is -0.204. The zero-order chi connectivity index (χ0) is 12.7. The molecule has 0 N–H and O–H groups in total. The molecule has 2 aliphatic carbocycles. The lowest BCUT2D eigenvalue weighted by molar-refractivity contribution is -0.200. The molecular weight excluding hydrogens is 229 g/mol. The Balaban J connectivity index is 2.63. The number of ketones is 1. The van der Waals surface area contributed by atoms with Crippen molar-refractivity contribution in [1.82, 2.24) is 0 Å². The molecule has 17 heavy (non-hydrogen) atoms. The van der Waals surface area contributed by atoms with Crippen molar-refractivity contribution in [2.75, 3.05) is 0 Å². The summed E-state index contributed by atoms with van der Waals surface area (Å²) < 4.78 is 40.2. The van der Waals surface area contributed by atoms with Crippen LogP contribution in [0.1, 0.15) is 25.7 Å². The van der Waals surface area contributed by atoms with E-state index in [1.54, 1.807) is 6.08 Å². The quantitative estimate of drug-likeness (QED) is 0.684. The lowest BCUT2D eigenvalue weighted by atomic mass is 9.63. The molecule has 92 valence electrons. The minimum Gasteiger partial charge on any atom is -0.295 e. The average Bonchev–Trinajstić information content (AvgIpc) is 2.26. The Morgan fingerprint density at radius 2 is 2.06 bits per heavy atom. The molecule has 0 bridgehead atoms. The number of carbonyl (C=O) groups excluding carboxylic acids is 1. The largest absolute Gasteiger partial charge is 0.402 e. The summed E-state index contributed by atoms with van der Waals surface area (Å²) in [5, 5.41) is 0. The molecule has 0 aromatic rings. The topological polar surface area (TPSA) is 17.1 Å². The first-order chi connectivity index (χ1) is 7.91. The third-order valence-electron chi connectivity index (χ3n) is 3.60. The van der Waals surface area contributed by atoms with Crippen LogP contribution in [0.4, 0.5) is 13.2 Å². The van der Waals surface area contributed by atoms with Crippen molar-refractivity contribution in [3.8, 4) is 0 Å². The molecule has 2 rings (SSSR count). The molecule has 4 heteroatoms. The Bertz CT molecular complexity index is 428. The molecule has 0 aromatic carbocycles. The van der Waals surface area contributed by atoms with E-state index >= 15 is 0 Å². The summed E-state index contributed by atoms with van der Waals surface area (Å²) in [6.45, 7) is 3.47. The van der Waals surface area contributed by atoms with E-state index in [0.29, 0.717) is 12.8 Å². The van der Waals surface area contributed by atoms with Crippen molar-refractivity contribution >= 4 is 5.78 Å². The highest BCUT2D eigenvalue weighted by atomic mass is 19.4. The maximum absolute atomic E-state index is 13.4. The van der Waals surface area contributed by atoms with Crippen LogP contribution in [0.2, 0.25) is 0 Å². The molecule has 0 aliphatic heterocycles. The van der Waals surface area contributed by atoms with Gasteiger partial charge in [0.1, 0.15) is 5.41 Å². The van der Waals surface area contributed by atoms with Crippen molar-refractivity contribution in [3.63, 3.8) is 0 Å². The van der Waals surface area contributed by atoms with Gasteiger partial charge in [0.05, 0.1) is 0 Å². The van der Waals surface area contributed by atoms with Crippen molar-refractivity contribution < 1.29 is 18.0 Å². The van der Waals surface area contributed by atoms with Gasteiger partial charge in [0.2, 0.25) is 0 Å². The molecule has 0 saturated heterocycles. The van der Waals surface area contributed by atoms with Crippen LogP contribution in [0.3, 0.4) is 0 Å². The second-order valence-corrected chi connectivity index (χ2v) is 4.44. The monoisotopic (exact) mass is 242 g/mol. The van der Waals surface area contributed by atoms with Crippen LogP contribution in [0.15, 0.2) is 36.0 Å². The first-order valence-corrected chi connectivity index (χ1v) is 5.55. The highest BCUT2D eigenvalue weighted by molar-refractivity contribution is 5.92. The van der Waals surface area contributed by atoms with Gasteiger partial charge in [-0.15, -0.1) is 0 Å². The van der Waals surface area contributed by atoms with Crippen LogP contribution in [0.5, 0.6) is 0 Å². The van der Waals surface area contributed by atoms with Crippen molar-refractivity contribution in [2.45, 2.75) is 31.9 Å². The maximum atomic E-state index is 13.4. The zero-order valence-corrected chi connectivity index (χ0v) is 9.31. The lowest BCUT2D eigenvalue weighted by Gasteiger charge is -2.43. The van der Waals surface area contributed by atoms with Gasteiger partial charge in [-0.05, 0) is 36.5 Å². The van der Waals surface area contributed by atoms with Crippen LogP contribution in [-0.4, -0.2) is 12.0 Å². The summed E-state index contributed by atoms with van der Waals surface area (Å²) in [7, 11) is 0. The fourth-order valence-corrected chi connectivity index (χ4v) is 2.78. The van der Waals surface area contributed by atoms with E-state index < -0.39 is 11.6 Å². The molecular formula is C13H13F3O. The van der Waals surface area contributed by atoms with Gasteiger partial charge in [-0.2, -0.15) is 13.2 Å². The molecule has 0 heterocycles. The number of rotatable bonds is 1. The van der Waals surface area contributed by atoms with Gasteiger partial charge < -0.3 is 0 Å². The van der Waals surface area contributed by atoms with E-state index in [1.807, 2.05) is 0 Å². The number of carbonyl (C=O) groups is 1. The Labute approximate surface area is 97.7 Å². The van der Waals surface area contributed by atoms with Crippen molar-refractivity contribution in [2.24, 2.45) is 5.41 Å². The van der Waals surface area contributed by atoms with Crippen LogP contribution < -0.4 is 0 Å². The summed E-state index contributed by atoms with van der Waals surface area (Å²) in [4.78, 5) is 11.3. The zero-order valence-electron chi connectivity index (χ0n) is 9.31. The van der Waals surface area contributed by atoms with Gasteiger partial charge in [0, 0.05) is 6.42 Å². The van der Waals surface area contributed by atoms with Gasteiger partial charge >= 0.3 is 6.18 Å². The molecule has 0 radical (unpaired) electrons. The molecule has 0 saturated carbocycles. The number of alkyl halides is 3. The number of hydrogen-bond donors (Lipinski definition) is 0. The Morgan fingerprint density at radius 1 is 1.35 bits per heavy atom. The molecule has 0 amide bonds. The fraction of sp³-hybridized carbons (Fsp3) is 0.462. The first-order valence-electron chi connectivity index (χ1n) is 5.55. The Morgan fingerprint density at radius 3 is 2.65 bits per heavy atom. The third-order valence-corrected chi connectivity index (χ3v) is 3.60. The molecule has 1 atom stereocenters. The molecule has 2 aliphatic rings. The summed E-state index contributed by atoms with van der Waals surface area (Å²) in [6, 6.07) is 0. The Kier molecular flexibility index (Phi) is 2.76. The van der Waals surface area contributed by atoms with Gasteiger partial charge in [-0.3, -0.25) is 4.79 Å². The van der Waals surface area contributed by atoms with Crippen LogP contribution in [0.25, 0.3) is 0 Å². The predicted octanol–water partition coefficient (Wildman–Crippen LogP) is 3.73. The van der Waals surface area contributed by atoms with E-state index in [0.717, 1.165) is 0 Å². The average molecular weight is 242 g/mol. The number of fused-ring (bicyclic) bond motifs is 1. The number of halogens is 3. The Hall–Kier alpha value is -1.32. The highest BCUT2D eigenvalue weighted by Crippen LogP contribution is 2.57. The minimum atomic E-state index is -4.36. The van der Waals surface area contributed by atoms with E-state index in [9.17, 15) is 18.0 Å². The summed E-state index contributed by atoms with van der Waals surface area (Å²) in [5.41, 5.74) is -1.55. The minimum absolute atomic E-state index is 0.0474. The second-order valence-electron chi connectivity index (χ2n) is 4.44.